The van der Waals surface area contributed by atoms with Crippen LogP contribution in [0.2, 0.25) is 0 Å². The minimum atomic E-state index is 0.207. The lowest BCUT2D eigenvalue weighted by Gasteiger charge is -2.38. The van der Waals surface area contributed by atoms with Crippen LogP contribution in [0.4, 0.5) is 0 Å². The van der Waals surface area contributed by atoms with Gasteiger partial charge in [0.2, 0.25) is 0 Å². The summed E-state index contributed by atoms with van der Waals surface area (Å²) < 4.78 is 0. The first-order valence-corrected chi connectivity index (χ1v) is 9.16. The molecule has 0 amide bonds. The van der Waals surface area contributed by atoms with Crippen molar-refractivity contribution >= 4 is 0 Å². The molecule has 0 aliphatic carbocycles. The molecule has 1 aromatic heterocycles. The van der Waals surface area contributed by atoms with Crippen LogP contribution >= 0.6 is 0 Å². The van der Waals surface area contributed by atoms with Gasteiger partial charge < -0.3 is 0 Å². The smallest absolute Gasteiger partial charge is 0.0856 e. The molecule has 1 aliphatic rings. The fraction of sp³-hybridized carbons (Fsp3) is 0.550. The van der Waals surface area contributed by atoms with Gasteiger partial charge >= 0.3 is 0 Å². The van der Waals surface area contributed by atoms with Gasteiger partial charge in [0.25, 0.3) is 0 Å². The largest absolute Gasteiger partial charge is 0.299 e. The third-order valence-corrected chi connectivity index (χ3v) is 4.75. The number of benzene rings is 1. The molecule has 1 aliphatic heterocycles. The molecule has 1 fully saturated rings. The van der Waals surface area contributed by atoms with Crippen LogP contribution in [-0.4, -0.2) is 33.0 Å². The quantitative estimate of drug-likeness (QED) is 0.841. The van der Waals surface area contributed by atoms with E-state index >= 15 is 0 Å². The average molecular weight is 339 g/mol. The highest BCUT2D eigenvalue weighted by Crippen LogP contribution is 2.34. The molecule has 0 unspecified atom stereocenters. The Balaban J connectivity index is 0.00000109. The lowest BCUT2D eigenvalue weighted by Crippen LogP contribution is -2.38. The van der Waals surface area contributed by atoms with E-state index in [1.165, 1.54) is 5.56 Å². The van der Waals surface area contributed by atoms with Crippen LogP contribution in [0.25, 0.3) is 5.69 Å². The number of aromatic nitrogens is 3. The first kappa shape index (κ1) is 19.1. The molecule has 0 N–H and O–H groups in total. The zero-order valence-electron chi connectivity index (χ0n) is 15.9. The van der Waals surface area contributed by atoms with E-state index in [0.717, 1.165) is 43.9 Å². The number of likely N-dealkylation sites (tertiary alicyclic amines) is 1. The van der Waals surface area contributed by atoms with Crippen molar-refractivity contribution < 1.29 is 0 Å². The van der Waals surface area contributed by atoms with E-state index in [0.29, 0.717) is 6.42 Å². The van der Waals surface area contributed by atoms with E-state index in [-0.39, 0.29) is 5.41 Å². The highest BCUT2D eigenvalue weighted by Gasteiger charge is 2.29. The molecule has 0 atom stereocenters. The van der Waals surface area contributed by atoms with Crippen LogP contribution in [0.3, 0.4) is 0 Å². The zero-order chi connectivity index (χ0) is 18.3. The third kappa shape index (κ3) is 5.14. The van der Waals surface area contributed by atoms with Crippen LogP contribution in [0.15, 0.2) is 30.5 Å². The van der Waals surface area contributed by atoms with Gasteiger partial charge in [-0.1, -0.05) is 32.9 Å². The number of hydrogen-bond acceptors (Lipinski definition) is 4. The molecular weight excluding hydrogens is 310 g/mol. The Labute approximate surface area is 151 Å². The molecule has 0 saturated carbocycles. The van der Waals surface area contributed by atoms with Gasteiger partial charge in [-0.25, -0.2) is 0 Å². The topological polar surface area (TPSA) is 57.7 Å². The molecule has 1 aromatic carbocycles. The number of nitrogens with zero attached hydrogens (tertiary/aromatic N) is 5. The number of nitriles is 1. The Morgan fingerprint density at radius 1 is 1.16 bits per heavy atom. The van der Waals surface area contributed by atoms with Gasteiger partial charge in [-0.2, -0.15) is 20.3 Å². The summed E-state index contributed by atoms with van der Waals surface area (Å²) in [6.07, 6.45) is 4.65. The summed E-state index contributed by atoms with van der Waals surface area (Å²) in [4.78, 5) is 4.14. The van der Waals surface area contributed by atoms with Crippen molar-refractivity contribution in [1.29, 1.82) is 5.26 Å². The second kappa shape index (κ2) is 8.77. The molecule has 0 bridgehead atoms. The first-order valence-electron chi connectivity index (χ1n) is 9.16. The van der Waals surface area contributed by atoms with Crippen molar-refractivity contribution in [1.82, 2.24) is 19.9 Å². The molecule has 2 aromatic rings. The summed E-state index contributed by atoms with van der Waals surface area (Å²) in [5.74, 6) is 0. The summed E-state index contributed by atoms with van der Waals surface area (Å²) in [5, 5.41) is 17.5. The van der Waals surface area contributed by atoms with E-state index in [1.54, 1.807) is 11.0 Å². The van der Waals surface area contributed by atoms with Crippen LogP contribution < -0.4 is 0 Å². The molecule has 5 nitrogen and oxygen atoms in total. The third-order valence-electron chi connectivity index (χ3n) is 4.75. The molecule has 0 radical (unpaired) electrons. The second-order valence-electron chi connectivity index (χ2n) is 6.86. The van der Waals surface area contributed by atoms with Crippen molar-refractivity contribution in [2.24, 2.45) is 5.41 Å². The minimum Gasteiger partial charge on any atom is -0.299 e. The first-order chi connectivity index (χ1) is 12.1. The fourth-order valence-corrected chi connectivity index (χ4v) is 3.08. The van der Waals surface area contributed by atoms with Crippen LogP contribution in [0, 0.1) is 23.7 Å². The number of piperidine rings is 1. The maximum atomic E-state index is 8.93. The molecule has 1 saturated heterocycles. The molecule has 0 spiro atoms. The molecular formula is C20H29N5. The normalized spacial score (nSPS) is 16.6. The molecule has 25 heavy (non-hydrogen) atoms. The highest BCUT2D eigenvalue weighted by atomic mass is 15.5. The standard InChI is InChI=1S/C18H23N5.C2H6/c1-15-13-20-23(21-15)17-5-3-16(4-6-17)14-22-11-8-18(2,7-10-19)9-12-22;1-2/h3-6,13H,7-9,11-12,14H2,1-2H3;1-2H3. The van der Waals surface area contributed by atoms with Gasteiger partial charge in [-0.15, -0.1) is 0 Å². The van der Waals surface area contributed by atoms with Crippen LogP contribution in [-0.2, 0) is 6.54 Å². The van der Waals surface area contributed by atoms with Gasteiger partial charge in [0.05, 0.1) is 23.6 Å². The molecule has 134 valence electrons. The predicted octanol–water partition coefficient (Wildman–Crippen LogP) is 4.12. The van der Waals surface area contributed by atoms with E-state index < -0.39 is 0 Å². The van der Waals surface area contributed by atoms with Gasteiger partial charge in [0.1, 0.15) is 0 Å². The summed E-state index contributed by atoms with van der Waals surface area (Å²) in [5.41, 5.74) is 3.42. The van der Waals surface area contributed by atoms with Crippen molar-refractivity contribution in [3.05, 3.63) is 41.7 Å². The fourth-order valence-electron chi connectivity index (χ4n) is 3.08. The van der Waals surface area contributed by atoms with Crippen molar-refractivity contribution in [3.63, 3.8) is 0 Å². The molecule has 3 rings (SSSR count). The van der Waals surface area contributed by atoms with E-state index in [1.807, 2.05) is 20.8 Å². The number of hydrogen-bond donors (Lipinski definition) is 0. The lowest BCUT2D eigenvalue weighted by atomic mass is 9.78. The van der Waals surface area contributed by atoms with Gasteiger partial charge in [-0.3, -0.25) is 4.90 Å². The van der Waals surface area contributed by atoms with E-state index in [4.69, 9.17) is 5.26 Å². The lowest BCUT2D eigenvalue weighted by molar-refractivity contribution is 0.116. The van der Waals surface area contributed by atoms with Gasteiger partial charge in [0.15, 0.2) is 0 Å². The number of aryl methyl sites for hydroxylation is 1. The highest BCUT2D eigenvalue weighted by molar-refractivity contribution is 5.32. The van der Waals surface area contributed by atoms with Crippen LogP contribution in [0.1, 0.15) is 51.3 Å². The van der Waals surface area contributed by atoms with E-state index in [9.17, 15) is 0 Å². The maximum absolute atomic E-state index is 8.93. The average Bonchev–Trinajstić information content (AvgIpc) is 3.06. The summed E-state index contributed by atoms with van der Waals surface area (Å²) in [6.45, 7) is 11.3. The predicted molar refractivity (Wildman–Crippen MR) is 100 cm³/mol. The summed E-state index contributed by atoms with van der Waals surface area (Å²) in [6, 6.07) is 10.8. The van der Waals surface area contributed by atoms with Crippen molar-refractivity contribution in [3.8, 4) is 11.8 Å². The summed E-state index contributed by atoms with van der Waals surface area (Å²) in [7, 11) is 0. The molecule has 2 heterocycles. The Morgan fingerprint density at radius 3 is 2.32 bits per heavy atom. The Hall–Kier alpha value is -2.19. The molecule has 5 heteroatoms. The van der Waals surface area contributed by atoms with Crippen LogP contribution in [0.5, 0.6) is 0 Å². The van der Waals surface area contributed by atoms with Gasteiger partial charge in [-0.05, 0) is 56.0 Å². The maximum Gasteiger partial charge on any atom is 0.0856 e. The zero-order valence-corrected chi connectivity index (χ0v) is 15.9. The Bertz CT molecular complexity index is 688. The SMILES string of the molecule is CC.Cc1cnn(-c2ccc(CN3CCC(C)(CC#N)CC3)cc2)n1. The Kier molecular flexibility index (Phi) is 6.72. The van der Waals surface area contributed by atoms with Crippen molar-refractivity contribution in [2.45, 2.75) is 53.5 Å². The minimum absolute atomic E-state index is 0.207. The second-order valence-corrected chi connectivity index (χ2v) is 6.86. The monoisotopic (exact) mass is 339 g/mol. The van der Waals surface area contributed by atoms with Crippen molar-refractivity contribution in [2.75, 3.05) is 13.1 Å². The number of rotatable bonds is 4. The van der Waals surface area contributed by atoms with E-state index in [2.05, 4.69) is 52.4 Å². The van der Waals surface area contributed by atoms with Gasteiger partial charge in [0, 0.05) is 13.0 Å². The summed E-state index contributed by atoms with van der Waals surface area (Å²) >= 11 is 0. The Morgan fingerprint density at radius 2 is 1.80 bits per heavy atom.